The van der Waals surface area contributed by atoms with Crippen molar-refractivity contribution in [3.63, 3.8) is 0 Å². The van der Waals surface area contributed by atoms with Crippen LogP contribution in [-0.2, 0) is 9.59 Å². The Morgan fingerprint density at radius 1 is 1.17 bits per heavy atom. The third-order valence-electron chi connectivity index (χ3n) is 5.86. The first-order valence-electron chi connectivity index (χ1n) is 10.2. The van der Waals surface area contributed by atoms with Crippen LogP contribution in [0.5, 0.6) is 0 Å². The summed E-state index contributed by atoms with van der Waals surface area (Å²) in [5, 5.41) is 1.85. The van der Waals surface area contributed by atoms with Crippen molar-refractivity contribution in [1.29, 1.82) is 0 Å². The van der Waals surface area contributed by atoms with Gasteiger partial charge in [0, 0.05) is 45.4 Å². The van der Waals surface area contributed by atoms with Crippen LogP contribution < -0.4 is 5.73 Å². The number of hydrogen-bond donors (Lipinski definition) is 2. The van der Waals surface area contributed by atoms with Crippen LogP contribution in [0.15, 0.2) is 41.4 Å². The third-order valence-corrected chi connectivity index (χ3v) is 7.34. The number of nitrogens with zero attached hydrogens (tertiary/aromatic N) is 1. The Morgan fingerprint density at radius 2 is 1.90 bits per heavy atom. The number of benzene rings is 1. The number of carbonyl (C=O) groups is 2. The molecule has 1 aromatic heterocycles. The highest BCUT2D eigenvalue weighted by Gasteiger charge is 2.46. The average molecular weight is 432 g/mol. The molecule has 1 fully saturated rings. The highest BCUT2D eigenvalue weighted by atomic mass is 35.5. The fraction of sp³-hybridized carbons (Fsp3) is 0.455. The molecule has 5 nitrogen and oxygen atoms in total. The van der Waals surface area contributed by atoms with Gasteiger partial charge in [-0.05, 0) is 43.9 Å². The molecule has 4 rings (SSSR count). The number of nitrogens with one attached hydrogen (secondary N) is 1. The average Bonchev–Trinajstić information content (AvgIpc) is 3.23. The van der Waals surface area contributed by atoms with E-state index in [1.54, 1.807) is 11.8 Å². The zero-order valence-corrected chi connectivity index (χ0v) is 17.8. The van der Waals surface area contributed by atoms with Crippen LogP contribution >= 0.6 is 23.4 Å². The van der Waals surface area contributed by atoms with Crippen LogP contribution in [-0.4, -0.2) is 40.0 Å². The van der Waals surface area contributed by atoms with Crippen molar-refractivity contribution >= 4 is 46.1 Å². The summed E-state index contributed by atoms with van der Waals surface area (Å²) in [7, 11) is 0. The zero-order chi connectivity index (χ0) is 20.4. The number of aromatic amines is 1. The zero-order valence-electron chi connectivity index (χ0n) is 16.3. The van der Waals surface area contributed by atoms with Crippen LogP contribution in [0.4, 0.5) is 0 Å². The van der Waals surface area contributed by atoms with E-state index in [1.165, 1.54) is 4.90 Å². The van der Waals surface area contributed by atoms with Crippen LogP contribution in [0.2, 0.25) is 5.02 Å². The van der Waals surface area contributed by atoms with E-state index >= 15 is 0 Å². The van der Waals surface area contributed by atoms with Crippen LogP contribution in [0.3, 0.4) is 0 Å². The summed E-state index contributed by atoms with van der Waals surface area (Å²) < 4.78 is 0. The second-order valence-corrected chi connectivity index (χ2v) is 9.39. The van der Waals surface area contributed by atoms with E-state index in [4.69, 9.17) is 17.3 Å². The van der Waals surface area contributed by atoms with E-state index in [1.807, 2.05) is 36.5 Å². The molecule has 154 valence electrons. The smallest absolute Gasteiger partial charge is 0.233 e. The van der Waals surface area contributed by atoms with Gasteiger partial charge in [-0.2, -0.15) is 0 Å². The number of nitrogens with two attached hydrogens (primary N) is 1. The predicted octanol–water partition coefficient (Wildman–Crippen LogP) is 4.36. The first-order chi connectivity index (χ1) is 14.0. The summed E-state index contributed by atoms with van der Waals surface area (Å²) >= 11 is 7.84. The van der Waals surface area contributed by atoms with Gasteiger partial charge in [-0.1, -0.05) is 30.2 Å². The summed E-state index contributed by atoms with van der Waals surface area (Å²) in [5.41, 5.74) is 7.37. The SMILES string of the molecule is NC(CCCCN1C(=O)[C@H]2CC=CC[C@H]2C1=O)CSc1c[nH]c2ccc(Cl)cc12. The number of H-pyrrole nitrogens is 1. The molecule has 3 atom stereocenters. The fourth-order valence-electron chi connectivity index (χ4n) is 4.23. The van der Waals surface area contributed by atoms with Crippen molar-refractivity contribution in [1.82, 2.24) is 9.88 Å². The monoisotopic (exact) mass is 431 g/mol. The minimum absolute atomic E-state index is 0.0159. The Kier molecular flexibility index (Phi) is 6.32. The molecule has 1 saturated heterocycles. The Bertz CT molecular complexity index is 915. The highest BCUT2D eigenvalue weighted by Crippen LogP contribution is 2.35. The Balaban J connectivity index is 1.20. The number of thioether (sulfide) groups is 1. The first kappa shape index (κ1) is 20.5. The number of allylic oxidation sites excluding steroid dienone is 2. The number of aromatic nitrogens is 1. The van der Waals surface area contributed by atoms with Crippen molar-refractivity contribution in [3.05, 3.63) is 41.6 Å². The Labute approximate surface area is 180 Å². The maximum Gasteiger partial charge on any atom is 0.233 e. The summed E-state index contributed by atoms with van der Waals surface area (Å²) in [6.07, 6.45) is 10.0. The van der Waals surface area contributed by atoms with Gasteiger partial charge in [-0.25, -0.2) is 0 Å². The third kappa shape index (κ3) is 4.39. The van der Waals surface area contributed by atoms with Gasteiger partial charge in [-0.3, -0.25) is 14.5 Å². The lowest BCUT2D eigenvalue weighted by Gasteiger charge is -2.15. The van der Waals surface area contributed by atoms with Gasteiger partial charge in [0.25, 0.3) is 0 Å². The molecule has 1 aromatic carbocycles. The molecule has 1 aliphatic heterocycles. The van der Waals surface area contributed by atoms with Gasteiger partial charge >= 0.3 is 0 Å². The molecule has 0 saturated carbocycles. The molecule has 1 unspecified atom stereocenters. The highest BCUT2D eigenvalue weighted by molar-refractivity contribution is 7.99. The van der Waals surface area contributed by atoms with Crippen molar-refractivity contribution in [2.75, 3.05) is 12.3 Å². The second-order valence-electron chi connectivity index (χ2n) is 7.89. The lowest BCUT2D eigenvalue weighted by molar-refractivity contribution is -0.139. The Hall–Kier alpha value is -1.76. The van der Waals surface area contributed by atoms with Gasteiger partial charge in [0.15, 0.2) is 0 Å². The van der Waals surface area contributed by atoms with Crippen LogP contribution in [0.25, 0.3) is 10.9 Å². The molecule has 29 heavy (non-hydrogen) atoms. The van der Waals surface area contributed by atoms with E-state index < -0.39 is 0 Å². The standard InChI is InChI=1S/C22H26ClN3O2S/c23-14-8-9-19-18(11-14)20(12-25-19)29-13-15(24)5-3-4-10-26-21(27)16-6-1-2-7-17(16)22(26)28/h1-2,8-9,11-12,15-17,25H,3-7,10,13,24H2/t15?,16-,17+. The number of rotatable bonds is 8. The van der Waals surface area contributed by atoms with Crippen molar-refractivity contribution in [2.24, 2.45) is 17.6 Å². The van der Waals surface area contributed by atoms with Gasteiger partial charge < -0.3 is 10.7 Å². The number of unbranched alkanes of at least 4 members (excludes halogenated alkanes) is 1. The van der Waals surface area contributed by atoms with Crippen LogP contribution in [0.1, 0.15) is 32.1 Å². The number of imide groups is 1. The van der Waals surface area contributed by atoms with Crippen LogP contribution in [0, 0.1) is 11.8 Å². The molecule has 2 amide bonds. The molecular formula is C22H26ClN3O2S. The summed E-state index contributed by atoms with van der Waals surface area (Å²) in [4.78, 5) is 30.8. The molecule has 2 aliphatic rings. The van der Waals surface area contributed by atoms with E-state index in [0.29, 0.717) is 19.4 Å². The van der Waals surface area contributed by atoms with Gasteiger partial charge in [0.2, 0.25) is 11.8 Å². The molecule has 7 heteroatoms. The number of hydrogen-bond acceptors (Lipinski definition) is 4. The topological polar surface area (TPSA) is 79.2 Å². The van der Waals surface area contributed by atoms with E-state index in [2.05, 4.69) is 4.98 Å². The molecule has 0 spiro atoms. The molecule has 0 radical (unpaired) electrons. The van der Waals surface area contributed by atoms with E-state index in [9.17, 15) is 9.59 Å². The number of carbonyl (C=O) groups excluding carboxylic acids is 2. The fourth-order valence-corrected chi connectivity index (χ4v) is 5.43. The first-order valence-corrected chi connectivity index (χ1v) is 11.6. The summed E-state index contributed by atoms with van der Waals surface area (Å²) in [6, 6.07) is 5.90. The summed E-state index contributed by atoms with van der Waals surface area (Å²) in [5.74, 6) is 0.590. The minimum atomic E-state index is -0.129. The van der Waals surface area contributed by atoms with Gasteiger partial charge in [0.1, 0.15) is 0 Å². The minimum Gasteiger partial charge on any atom is -0.360 e. The molecule has 2 aromatic rings. The normalized spacial score (nSPS) is 22.5. The van der Waals surface area contributed by atoms with Crippen molar-refractivity contribution < 1.29 is 9.59 Å². The molecule has 3 N–H and O–H groups in total. The Morgan fingerprint density at radius 3 is 2.62 bits per heavy atom. The number of amides is 2. The lowest BCUT2D eigenvalue weighted by atomic mass is 9.85. The quantitative estimate of drug-likeness (QED) is 0.281. The van der Waals surface area contributed by atoms with Crippen molar-refractivity contribution in [3.8, 4) is 0 Å². The van der Waals surface area contributed by atoms with E-state index in [0.717, 1.165) is 45.8 Å². The maximum absolute atomic E-state index is 12.5. The van der Waals surface area contributed by atoms with Gasteiger partial charge in [0.05, 0.1) is 11.8 Å². The number of likely N-dealkylation sites (tertiary alicyclic amines) is 1. The number of fused-ring (bicyclic) bond motifs is 2. The maximum atomic E-state index is 12.5. The van der Waals surface area contributed by atoms with Crippen molar-refractivity contribution in [2.45, 2.75) is 43.0 Å². The summed E-state index contributed by atoms with van der Waals surface area (Å²) in [6.45, 7) is 0.519. The predicted molar refractivity (Wildman–Crippen MR) is 118 cm³/mol. The second kappa shape index (κ2) is 8.94. The molecule has 2 heterocycles. The lowest BCUT2D eigenvalue weighted by Crippen LogP contribution is -2.32. The van der Waals surface area contributed by atoms with Gasteiger partial charge in [-0.15, -0.1) is 11.8 Å². The molecule has 0 bridgehead atoms. The van der Waals surface area contributed by atoms with E-state index in [-0.39, 0.29) is 29.7 Å². The largest absolute Gasteiger partial charge is 0.360 e. The molecular weight excluding hydrogens is 406 g/mol. The molecule has 1 aliphatic carbocycles. The number of halogens is 1.